The third-order valence-electron chi connectivity index (χ3n) is 6.24. The molecule has 0 saturated heterocycles. The Balaban J connectivity index is 1.42. The maximum atomic E-state index is 13.3. The second-order valence-electron chi connectivity index (χ2n) is 8.35. The zero-order chi connectivity index (χ0) is 23.9. The standard InChI is InChI=1S/C26H21ClN6O2/c1-35-15-21-23(16-6-8-18(27)9-7-16)25-30-29-24-22(33(25)31-21)11-13-32(26(24)34)12-10-17-14-28-20-5-3-2-4-19(17)20/h2-9,11,13-14,28H,10,12,15H2,1H3. The molecule has 0 amide bonds. The Kier molecular flexibility index (Phi) is 5.32. The van der Waals surface area contributed by atoms with Gasteiger partial charge in [0.05, 0.1) is 17.9 Å². The molecule has 0 unspecified atom stereocenters. The number of nitrogens with one attached hydrogen (secondary N) is 1. The number of benzene rings is 2. The van der Waals surface area contributed by atoms with Crippen molar-refractivity contribution in [3.8, 4) is 11.1 Å². The number of methoxy groups -OCH3 is 1. The molecule has 4 aromatic heterocycles. The molecule has 6 rings (SSSR count). The predicted molar refractivity (Wildman–Crippen MR) is 136 cm³/mol. The molecule has 1 N–H and O–H groups in total. The van der Waals surface area contributed by atoms with Crippen LogP contribution in [0.2, 0.25) is 5.02 Å². The summed E-state index contributed by atoms with van der Waals surface area (Å²) in [5.74, 6) is 0. The second-order valence-corrected chi connectivity index (χ2v) is 8.79. The van der Waals surface area contributed by atoms with Gasteiger partial charge in [-0.15, -0.1) is 10.2 Å². The van der Waals surface area contributed by atoms with Gasteiger partial charge in [0.1, 0.15) is 5.52 Å². The molecule has 0 aliphatic carbocycles. The molecule has 0 fully saturated rings. The molecule has 174 valence electrons. The van der Waals surface area contributed by atoms with E-state index < -0.39 is 0 Å². The maximum absolute atomic E-state index is 13.3. The molecule has 0 bridgehead atoms. The summed E-state index contributed by atoms with van der Waals surface area (Å²) >= 11 is 6.08. The number of pyridine rings is 1. The van der Waals surface area contributed by atoms with E-state index in [-0.39, 0.29) is 11.1 Å². The lowest BCUT2D eigenvalue weighted by molar-refractivity contribution is 0.181. The van der Waals surface area contributed by atoms with Crippen LogP contribution in [0.3, 0.4) is 0 Å². The summed E-state index contributed by atoms with van der Waals surface area (Å²) in [6.45, 7) is 0.824. The predicted octanol–water partition coefficient (Wildman–Crippen LogP) is 4.63. The lowest BCUT2D eigenvalue weighted by atomic mass is 10.1. The fraction of sp³-hybridized carbons (Fsp3) is 0.154. The van der Waals surface area contributed by atoms with Gasteiger partial charge in [0.25, 0.3) is 5.56 Å². The number of hydrogen-bond donors (Lipinski definition) is 1. The van der Waals surface area contributed by atoms with Gasteiger partial charge >= 0.3 is 0 Å². The minimum Gasteiger partial charge on any atom is -0.378 e. The van der Waals surface area contributed by atoms with Crippen LogP contribution in [0.4, 0.5) is 0 Å². The molecule has 0 spiro atoms. The number of rotatable bonds is 6. The fourth-order valence-electron chi connectivity index (χ4n) is 4.53. The Morgan fingerprint density at radius 1 is 1.06 bits per heavy atom. The molecule has 0 saturated carbocycles. The Labute approximate surface area is 204 Å². The van der Waals surface area contributed by atoms with Crippen molar-refractivity contribution < 1.29 is 4.74 Å². The van der Waals surface area contributed by atoms with E-state index in [1.807, 2.05) is 54.7 Å². The number of H-pyrrole nitrogens is 1. The smallest absolute Gasteiger partial charge is 0.280 e. The number of aromatic amines is 1. The molecule has 0 radical (unpaired) electrons. The summed E-state index contributed by atoms with van der Waals surface area (Å²) in [6.07, 6.45) is 4.51. The van der Waals surface area contributed by atoms with Crippen LogP contribution in [-0.4, -0.2) is 36.5 Å². The molecule has 9 heteroatoms. The lowest BCUT2D eigenvalue weighted by Gasteiger charge is -2.07. The van der Waals surface area contributed by atoms with Crippen molar-refractivity contribution in [2.24, 2.45) is 0 Å². The molecule has 0 aliphatic rings. The number of fused-ring (bicyclic) bond motifs is 4. The van der Waals surface area contributed by atoms with Crippen LogP contribution < -0.4 is 5.56 Å². The minimum atomic E-state index is -0.200. The summed E-state index contributed by atoms with van der Waals surface area (Å²) < 4.78 is 8.72. The molecular formula is C26H21ClN6O2. The van der Waals surface area contributed by atoms with Gasteiger partial charge in [0.15, 0.2) is 11.2 Å². The quantitative estimate of drug-likeness (QED) is 0.372. The van der Waals surface area contributed by atoms with Crippen LogP contribution in [0, 0.1) is 0 Å². The van der Waals surface area contributed by atoms with Crippen molar-refractivity contribution >= 4 is 39.2 Å². The van der Waals surface area contributed by atoms with Crippen LogP contribution in [0.15, 0.2) is 71.8 Å². The monoisotopic (exact) mass is 484 g/mol. The van der Waals surface area contributed by atoms with Crippen LogP contribution in [0.1, 0.15) is 11.3 Å². The summed E-state index contributed by atoms with van der Waals surface area (Å²) in [7, 11) is 1.62. The van der Waals surface area contributed by atoms with Crippen molar-refractivity contribution in [2.45, 2.75) is 19.6 Å². The first kappa shape index (κ1) is 21.5. The van der Waals surface area contributed by atoms with Gasteiger partial charge in [-0.1, -0.05) is 41.9 Å². The summed E-state index contributed by atoms with van der Waals surface area (Å²) in [5.41, 5.74) is 5.89. The third kappa shape index (κ3) is 3.67. The van der Waals surface area contributed by atoms with Gasteiger partial charge < -0.3 is 14.3 Å². The number of nitrogens with zero attached hydrogens (tertiary/aromatic N) is 5. The first-order chi connectivity index (χ1) is 17.1. The zero-order valence-electron chi connectivity index (χ0n) is 18.9. The Morgan fingerprint density at radius 3 is 2.71 bits per heavy atom. The van der Waals surface area contributed by atoms with Crippen molar-refractivity contribution in [3.05, 3.63) is 93.6 Å². The van der Waals surface area contributed by atoms with Crippen LogP contribution >= 0.6 is 11.6 Å². The Bertz CT molecular complexity index is 1750. The van der Waals surface area contributed by atoms with E-state index in [1.54, 1.807) is 22.4 Å². The van der Waals surface area contributed by atoms with Crippen molar-refractivity contribution in [1.29, 1.82) is 0 Å². The number of aromatic nitrogens is 6. The Morgan fingerprint density at radius 2 is 1.89 bits per heavy atom. The van der Waals surface area contributed by atoms with E-state index in [1.165, 1.54) is 5.39 Å². The molecule has 4 heterocycles. The van der Waals surface area contributed by atoms with Crippen molar-refractivity contribution in [3.63, 3.8) is 0 Å². The van der Waals surface area contributed by atoms with E-state index in [4.69, 9.17) is 21.4 Å². The molecule has 2 aromatic carbocycles. The number of ether oxygens (including phenoxy) is 1. The summed E-state index contributed by atoms with van der Waals surface area (Å²) in [5, 5.41) is 15.3. The molecule has 0 atom stereocenters. The van der Waals surface area contributed by atoms with E-state index in [0.29, 0.717) is 41.5 Å². The average molecular weight is 485 g/mol. The highest BCUT2D eigenvalue weighted by molar-refractivity contribution is 6.30. The minimum absolute atomic E-state index is 0.200. The highest BCUT2D eigenvalue weighted by Crippen LogP contribution is 2.30. The maximum Gasteiger partial charge on any atom is 0.280 e. The zero-order valence-corrected chi connectivity index (χ0v) is 19.7. The van der Waals surface area contributed by atoms with E-state index in [9.17, 15) is 4.79 Å². The van der Waals surface area contributed by atoms with Gasteiger partial charge in [0, 0.05) is 42.0 Å². The molecule has 8 nitrogen and oxygen atoms in total. The summed E-state index contributed by atoms with van der Waals surface area (Å²) in [6, 6.07) is 17.5. The van der Waals surface area contributed by atoms with E-state index >= 15 is 0 Å². The van der Waals surface area contributed by atoms with Gasteiger partial charge in [-0.25, -0.2) is 4.52 Å². The number of aryl methyl sites for hydroxylation is 2. The second kappa shape index (κ2) is 8.65. The number of halogens is 1. The SMILES string of the molecule is COCc1nn2c(nnc3c(=O)n(CCc4c[nH]c5ccccc45)ccc32)c1-c1ccc(Cl)cc1. The van der Waals surface area contributed by atoms with Crippen molar-refractivity contribution in [2.75, 3.05) is 7.11 Å². The topological polar surface area (TPSA) is 90.1 Å². The normalized spacial score (nSPS) is 11.7. The first-order valence-electron chi connectivity index (χ1n) is 11.2. The lowest BCUT2D eigenvalue weighted by Crippen LogP contribution is -2.22. The van der Waals surface area contributed by atoms with Crippen LogP contribution in [-0.2, 0) is 24.3 Å². The summed E-state index contributed by atoms with van der Waals surface area (Å²) in [4.78, 5) is 16.6. The fourth-order valence-corrected chi connectivity index (χ4v) is 4.66. The number of hydrogen-bond acceptors (Lipinski definition) is 5. The average Bonchev–Trinajstić information content (AvgIpc) is 3.46. The van der Waals surface area contributed by atoms with Gasteiger partial charge in [-0.3, -0.25) is 4.79 Å². The Hall–Kier alpha value is -4.01. The highest BCUT2D eigenvalue weighted by atomic mass is 35.5. The van der Waals surface area contributed by atoms with Gasteiger partial charge in [-0.2, -0.15) is 5.10 Å². The largest absolute Gasteiger partial charge is 0.378 e. The van der Waals surface area contributed by atoms with Crippen molar-refractivity contribution in [1.82, 2.24) is 29.4 Å². The number of para-hydroxylation sites is 1. The molecular weight excluding hydrogens is 464 g/mol. The third-order valence-corrected chi connectivity index (χ3v) is 6.49. The molecule has 0 aliphatic heterocycles. The van der Waals surface area contributed by atoms with Crippen LogP contribution in [0.5, 0.6) is 0 Å². The van der Waals surface area contributed by atoms with E-state index in [0.717, 1.165) is 22.2 Å². The van der Waals surface area contributed by atoms with Gasteiger partial charge in [-0.05, 0) is 41.8 Å². The van der Waals surface area contributed by atoms with Gasteiger partial charge in [0.2, 0.25) is 0 Å². The molecule has 6 aromatic rings. The van der Waals surface area contributed by atoms with E-state index in [2.05, 4.69) is 21.2 Å². The van der Waals surface area contributed by atoms with Crippen LogP contribution in [0.25, 0.3) is 38.7 Å². The first-order valence-corrected chi connectivity index (χ1v) is 11.6. The molecule has 35 heavy (non-hydrogen) atoms. The highest BCUT2D eigenvalue weighted by Gasteiger charge is 2.19.